The Morgan fingerprint density at radius 3 is 2.57 bits per heavy atom. The lowest BCUT2D eigenvalue weighted by Gasteiger charge is -2.10. The normalized spacial score (nSPS) is 11.1. The summed E-state index contributed by atoms with van der Waals surface area (Å²) in [4.78, 5) is 12.3. The molecule has 0 unspecified atom stereocenters. The number of esters is 1. The molecule has 4 heteroatoms. The predicted octanol–water partition coefficient (Wildman–Crippen LogP) is 3.92. The smallest absolute Gasteiger partial charge is 0.315 e. The molecule has 2 aromatic rings. The van der Waals surface area contributed by atoms with Gasteiger partial charge in [-0.2, -0.15) is 5.10 Å². The predicted molar refractivity (Wildman–Crippen MR) is 91.8 cm³/mol. The molecule has 0 spiro atoms. The third-order valence-corrected chi connectivity index (χ3v) is 4.17. The highest BCUT2D eigenvalue weighted by Gasteiger charge is 2.17. The molecule has 0 bridgehead atoms. The zero-order chi connectivity index (χ0) is 17.1. The minimum absolute atomic E-state index is 0.242. The van der Waals surface area contributed by atoms with Gasteiger partial charge in [-0.3, -0.25) is 9.48 Å². The minimum atomic E-state index is -0.242. The van der Waals surface area contributed by atoms with E-state index in [4.69, 9.17) is 4.74 Å². The van der Waals surface area contributed by atoms with Crippen molar-refractivity contribution in [1.82, 2.24) is 9.78 Å². The van der Waals surface area contributed by atoms with Crippen LogP contribution in [0, 0.1) is 33.6 Å². The molecule has 1 heterocycles. The molecule has 0 aliphatic rings. The van der Waals surface area contributed by atoms with Crippen LogP contribution in [0.3, 0.4) is 0 Å². The summed E-state index contributed by atoms with van der Waals surface area (Å²) in [5, 5.41) is 4.55. The van der Waals surface area contributed by atoms with Gasteiger partial charge < -0.3 is 4.74 Å². The Bertz CT molecular complexity index is 714. The first-order valence-electron chi connectivity index (χ1n) is 8.09. The second-order valence-corrected chi connectivity index (χ2v) is 6.57. The Labute approximate surface area is 138 Å². The topological polar surface area (TPSA) is 44.1 Å². The molecule has 0 N–H and O–H groups in total. The van der Waals surface area contributed by atoms with Gasteiger partial charge in [0, 0.05) is 17.8 Å². The van der Waals surface area contributed by atoms with Crippen LogP contribution >= 0.6 is 0 Å². The lowest BCUT2D eigenvalue weighted by molar-refractivity contribution is -0.133. The molecule has 0 saturated carbocycles. The van der Waals surface area contributed by atoms with Gasteiger partial charge in [-0.25, -0.2) is 0 Å². The fourth-order valence-corrected chi connectivity index (χ4v) is 2.65. The summed E-state index contributed by atoms with van der Waals surface area (Å²) in [6, 6.07) is 5.75. The van der Waals surface area contributed by atoms with Crippen molar-refractivity contribution in [1.29, 1.82) is 0 Å². The highest BCUT2D eigenvalue weighted by atomic mass is 16.5. The minimum Gasteiger partial charge on any atom is -0.426 e. The summed E-state index contributed by atoms with van der Waals surface area (Å²) in [6.07, 6.45) is 0.253. The molecule has 124 valence electrons. The number of hydrogen-bond donors (Lipinski definition) is 0. The van der Waals surface area contributed by atoms with Crippen LogP contribution in [0.1, 0.15) is 41.9 Å². The molecular weight excluding hydrogens is 288 g/mol. The third-order valence-electron chi connectivity index (χ3n) is 4.17. The molecule has 0 aliphatic heterocycles. The van der Waals surface area contributed by atoms with E-state index in [-0.39, 0.29) is 12.4 Å². The summed E-state index contributed by atoms with van der Waals surface area (Å²) in [6.45, 7) is 13.1. The van der Waals surface area contributed by atoms with Gasteiger partial charge in [0.25, 0.3) is 0 Å². The van der Waals surface area contributed by atoms with Gasteiger partial charge in [0.1, 0.15) is 5.75 Å². The van der Waals surface area contributed by atoms with Crippen LogP contribution in [-0.4, -0.2) is 15.7 Å². The van der Waals surface area contributed by atoms with Crippen LogP contribution in [0.4, 0.5) is 0 Å². The first kappa shape index (κ1) is 17.3. The van der Waals surface area contributed by atoms with Crippen molar-refractivity contribution in [2.24, 2.45) is 5.92 Å². The quantitative estimate of drug-likeness (QED) is 0.620. The van der Waals surface area contributed by atoms with Crippen LogP contribution in [0.25, 0.3) is 0 Å². The maximum atomic E-state index is 12.3. The molecule has 0 radical (unpaired) electrons. The average Bonchev–Trinajstić information content (AvgIpc) is 2.71. The number of aryl methyl sites for hydroxylation is 2. The summed E-state index contributed by atoms with van der Waals surface area (Å²) >= 11 is 0. The number of rotatable bonds is 5. The van der Waals surface area contributed by atoms with Crippen molar-refractivity contribution in [2.75, 3.05) is 0 Å². The standard InChI is InChI=1S/C19H26N2O2/c1-12(2)11-21-16(6)17(15(5)20-21)10-19(22)23-18-9-7-8-13(3)14(18)4/h7-9,12H,10-11H2,1-6H3. The van der Waals surface area contributed by atoms with Gasteiger partial charge in [0.2, 0.25) is 0 Å². The first-order valence-corrected chi connectivity index (χ1v) is 8.09. The highest BCUT2D eigenvalue weighted by molar-refractivity contribution is 5.76. The van der Waals surface area contributed by atoms with E-state index in [2.05, 4.69) is 18.9 Å². The average molecular weight is 314 g/mol. The largest absolute Gasteiger partial charge is 0.426 e. The second-order valence-electron chi connectivity index (χ2n) is 6.57. The van der Waals surface area contributed by atoms with Crippen LogP contribution < -0.4 is 4.74 Å². The molecule has 2 rings (SSSR count). The van der Waals surface area contributed by atoms with Crippen LogP contribution in [-0.2, 0) is 17.8 Å². The Hall–Kier alpha value is -2.10. The lowest BCUT2D eigenvalue weighted by Crippen LogP contribution is -2.14. The second kappa shape index (κ2) is 6.99. The monoisotopic (exact) mass is 314 g/mol. The summed E-state index contributed by atoms with van der Waals surface area (Å²) in [5.74, 6) is 0.914. The maximum Gasteiger partial charge on any atom is 0.315 e. The SMILES string of the molecule is Cc1cccc(OC(=O)Cc2c(C)nn(CC(C)C)c2C)c1C. The van der Waals surface area contributed by atoms with Gasteiger partial charge in [-0.05, 0) is 50.8 Å². The van der Waals surface area contributed by atoms with E-state index < -0.39 is 0 Å². The van der Waals surface area contributed by atoms with Gasteiger partial charge in [0.05, 0.1) is 12.1 Å². The molecule has 0 saturated heterocycles. The number of aromatic nitrogens is 2. The van der Waals surface area contributed by atoms with Crippen molar-refractivity contribution < 1.29 is 9.53 Å². The van der Waals surface area contributed by atoms with E-state index >= 15 is 0 Å². The molecule has 0 atom stereocenters. The van der Waals surface area contributed by atoms with E-state index in [1.165, 1.54) is 0 Å². The van der Waals surface area contributed by atoms with Crippen LogP contribution in [0.5, 0.6) is 5.75 Å². The van der Waals surface area contributed by atoms with E-state index in [9.17, 15) is 4.79 Å². The highest BCUT2D eigenvalue weighted by Crippen LogP contribution is 2.22. The maximum absolute atomic E-state index is 12.3. The Balaban J connectivity index is 2.14. The molecule has 0 aliphatic carbocycles. The van der Waals surface area contributed by atoms with Gasteiger partial charge in [-0.1, -0.05) is 26.0 Å². The van der Waals surface area contributed by atoms with Crippen LogP contribution in [0.2, 0.25) is 0 Å². The van der Waals surface area contributed by atoms with Gasteiger partial charge in [0.15, 0.2) is 0 Å². The van der Waals surface area contributed by atoms with Gasteiger partial charge >= 0.3 is 5.97 Å². The zero-order valence-corrected chi connectivity index (χ0v) is 14.9. The zero-order valence-electron chi connectivity index (χ0n) is 14.9. The van der Waals surface area contributed by atoms with Crippen molar-refractivity contribution >= 4 is 5.97 Å². The van der Waals surface area contributed by atoms with Crippen molar-refractivity contribution in [2.45, 2.75) is 54.5 Å². The summed E-state index contributed by atoms with van der Waals surface area (Å²) in [7, 11) is 0. The Morgan fingerprint density at radius 1 is 1.22 bits per heavy atom. The Kier molecular flexibility index (Phi) is 5.24. The summed E-state index contributed by atoms with van der Waals surface area (Å²) < 4.78 is 7.54. The molecule has 4 nitrogen and oxygen atoms in total. The molecule has 0 amide bonds. The van der Waals surface area contributed by atoms with Crippen molar-refractivity contribution in [3.05, 3.63) is 46.3 Å². The summed E-state index contributed by atoms with van der Waals surface area (Å²) in [5.41, 5.74) is 5.05. The fourth-order valence-electron chi connectivity index (χ4n) is 2.65. The lowest BCUT2D eigenvalue weighted by atomic mass is 10.1. The number of carbonyl (C=O) groups is 1. The first-order chi connectivity index (χ1) is 10.8. The van der Waals surface area contributed by atoms with Crippen LogP contribution in [0.15, 0.2) is 18.2 Å². The van der Waals surface area contributed by atoms with Gasteiger partial charge in [-0.15, -0.1) is 0 Å². The molecule has 23 heavy (non-hydrogen) atoms. The molecule has 0 fully saturated rings. The fraction of sp³-hybridized carbons (Fsp3) is 0.474. The third kappa shape index (κ3) is 4.01. The van der Waals surface area contributed by atoms with E-state index in [0.29, 0.717) is 11.7 Å². The number of benzene rings is 1. The molecule has 1 aromatic heterocycles. The van der Waals surface area contributed by atoms with E-state index in [1.807, 2.05) is 50.6 Å². The van der Waals surface area contributed by atoms with E-state index in [1.54, 1.807) is 0 Å². The number of hydrogen-bond acceptors (Lipinski definition) is 3. The molecular formula is C19H26N2O2. The molecule has 1 aromatic carbocycles. The number of carbonyl (C=O) groups excluding carboxylic acids is 1. The number of ether oxygens (including phenoxy) is 1. The van der Waals surface area contributed by atoms with E-state index in [0.717, 1.165) is 34.6 Å². The van der Waals surface area contributed by atoms with Crippen molar-refractivity contribution in [3.8, 4) is 5.75 Å². The van der Waals surface area contributed by atoms with Crippen molar-refractivity contribution in [3.63, 3.8) is 0 Å². The number of nitrogens with zero attached hydrogens (tertiary/aromatic N) is 2. The Morgan fingerprint density at radius 2 is 1.91 bits per heavy atom.